The molecule has 104 valence electrons. The highest BCUT2D eigenvalue weighted by Crippen LogP contribution is 2.23. The lowest BCUT2D eigenvalue weighted by Gasteiger charge is -2.21. The summed E-state index contributed by atoms with van der Waals surface area (Å²) < 4.78 is 1.73. The van der Waals surface area contributed by atoms with Crippen molar-refractivity contribution in [3.63, 3.8) is 0 Å². The second kappa shape index (κ2) is 6.41. The molecule has 2 N–H and O–H groups in total. The molecule has 0 aliphatic rings. The van der Waals surface area contributed by atoms with E-state index in [4.69, 9.17) is 5.73 Å². The molecule has 0 aromatic heterocycles. The van der Waals surface area contributed by atoms with Gasteiger partial charge < -0.3 is 10.6 Å². The van der Waals surface area contributed by atoms with E-state index < -0.39 is 0 Å². The Kier molecular flexibility index (Phi) is 4.83. The Hall–Kier alpha value is -1.33. The zero-order chi connectivity index (χ0) is 14.7. The second-order valence-corrected chi connectivity index (χ2v) is 6.13. The maximum atomic E-state index is 12.6. The van der Waals surface area contributed by atoms with Crippen molar-refractivity contribution in [3.05, 3.63) is 57.0 Å². The Labute approximate surface area is 135 Å². The van der Waals surface area contributed by atoms with Gasteiger partial charge in [0.05, 0.1) is 0 Å². The smallest absolute Gasteiger partial charge is 0.258 e. The summed E-state index contributed by atoms with van der Waals surface area (Å²) in [7, 11) is 0. The lowest BCUT2D eigenvalue weighted by molar-refractivity contribution is 0.0988. The molecule has 0 spiro atoms. The highest BCUT2D eigenvalue weighted by atomic mass is 79.9. The number of hydrogen-bond donors (Lipinski definition) is 1. The molecule has 0 atom stereocenters. The highest BCUT2D eigenvalue weighted by molar-refractivity contribution is 9.11. The van der Waals surface area contributed by atoms with Crippen molar-refractivity contribution >= 4 is 49.1 Å². The summed E-state index contributed by atoms with van der Waals surface area (Å²) in [5.74, 6) is -0.0423. The molecule has 0 saturated carbocycles. The molecule has 2 aromatic carbocycles. The number of nitrogens with two attached hydrogens (primary N) is 1. The van der Waals surface area contributed by atoms with E-state index in [1.54, 1.807) is 17.0 Å². The van der Waals surface area contributed by atoms with Crippen LogP contribution < -0.4 is 10.6 Å². The van der Waals surface area contributed by atoms with Crippen LogP contribution in [0.2, 0.25) is 0 Å². The van der Waals surface area contributed by atoms with Gasteiger partial charge in [-0.05, 0) is 49.4 Å². The third-order valence-electron chi connectivity index (χ3n) is 2.88. The van der Waals surface area contributed by atoms with Crippen LogP contribution in [0.4, 0.5) is 11.4 Å². The van der Waals surface area contributed by atoms with Crippen LogP contribution in [0, 0.1) is 0 Å². The summed E-state index contributed by atoms with van der Waals surface area (Å²) in [6, 6.07) is 12.8. The summed E-state index contributed by atoms with van der Waals surface area (Å²) in [5.41, 5.74) is 7.83. The molecule has 0 bridgehead atoms. The summed E-state index contributed by atoms with van der Waals surface area (Å²) in [6.45, 7) is 2.54. The maximum absolute atomic E-state index is 12.6. The van der Waals surface area contributed by atoms with Gasteiger partial charge in [0, 0.05) is 32.4 Å². The first-order valence-electron chi connectivity index (χ1n) is 6.14. The van der Waals surface area contributed by atoms with Crippen molar-refractivity contribution in [2.45, 2.75) is 6.92 Å². The monoisotopic (exact) mass is 396 g/mol. The molecule has 1 amide bonds. The topological polar surface area (TPSA) is 46.3 Å². The van der Waals surface area contributed by atoms with Crippen LogP contribution >= 0.6 is 31.9 Å². The van der Waals surface area contributed by atoms with Crippen LogP contribution in [0.15, 0.2) is 51.4 Å². The molecule has 2 aromatic rings. The number of carbonyl (C=O) groups is 1. The van der Waals surface area contributed by atoms with Gasteiger partial charge in [-0.2, -0.15) is 0 Å². The molecule has 0 heterocycles. The minimum absolute atomic E-state index is 0.0423. The normalized spacial score (nSPS) is 10.3. The highest BCUT2D eigenvalue weighted by Gasteiger charge is 2.16. The average Bonchev–Trinajstić information content (AvgIpc) is 2.40. The van der Waals surface area contributed by atoms with Crippen molar-refractivity contribution in [1.29, 1.82) is 0 Å². The Morgan fingerprint density at radius 1 is 1.10 bits per heavy atom. The van der Waals surface area contributed by atoms with E-state index in [0.29, 0.717) is 17.8 Å². The van der Waals surface area contributed by atoms with Gasteiger partial charge in [0.25, 0.3) is 5.91 Å². The number of nitrogens with zero attached hydrogens (tertiary/aromatic N) is 1. The molecular weight excluding hydrogens is 384 g/mol. The fourth-order valence-corrected chi connectivity index (χ4v) is 3.22. The molecule has 20 heavy (non-hydrogen) atoms. The van der Waals surface area contributed by atoms with E-state index in [-0.39, 0.29) is 5.91 Å². The van der Waals surface area contributed by atoms with Crippen molar-refractivity contribution in [2.24, 2.45) is 0 Å². The summed E-state index contributed by atoms with van der Waals surface area (Å²) in [6.07, 6.45) is 0. The number of halogens is 2. The van der Waals surface area contributed by atoms with Gasteiger partial charge >= 0.3 is 0 Å². The third kappa shape index (κ3) is 3.41. The van der Waals surface area contributed by atoms with Crippen molar-refractivity contribution in [2.75, 3.05) is 17.2 Å². The third-order valence-corrected chi connectivity index (χ3v) is 3.79. The fourth-order valence-electron chi connectivity index (χ4n) is 1.93. The van der Waals surface area contributed by atoms with E-state index in [2.05, 4.69) is 31.9 Å². The largest absolute Gasteiger partial charge is 0.399 e. The summed E-state index contributed by atoms with van der Waals surface area (Å²) in [4.78, 5) is 14.3. The van der Waals surface area contributed by atoms with E-state index in [0.717, 1.165) is 14.6 Å². The summed E-state index contributed by atoms with van der Waals surface area (Å²) in [5, 5.41) is 0. The molecule has 0 saturated heterocycles. The number of amides is 1. The Morgan fingerprint density at radius 2 is 1.65 bits per heavy atom. The van der Waals surface area contributed by atoms with Gasteiger partial charge in [0.15, 0.2) is 0 Å². The maximum Gasteiger partial charge on any atom is 0.258 e. The molecule has 0 aliphatic carbocycles. The minimum atomic E-state index is -0.0423. The number of nitrogen functional groups attached to an aromatic ring is 1. The van der Waals surface area contributed by atoms with Crippen LogP contribution in [-0.4, -0.2) is 12.5 Å². The van der Waals surface area contributed by atoms with Crippen LogP contribution in [0.1, 0.15) is 17.3 Å². The van der Waals surface area contributed by atoms with Crippen molar-refractivity contribution in [3.8, 4) is 0 Å². The molecular formula is C15H14Br2N2O. The predicted octanol–water partition coefficient (Wildman–Crippen LogP) is 4.46. The molecule has 0 radical (unpaired) electrons. The molecule has 2 rings (SSSR count). The quantitative estimate of drug-likeness (QED) is 0.777. The first-order chi connectivity index (χ1) is 9.51. The molecule has 0 aliphatic heterocycles. The lowest BCUT2D eigenvalue weighted by atomic mass is 10.1. The van der Waals surface area contributed by atoms with Crippen LogP contribution in [-0.2, 0) is 0 Å². The number of rotatable bonds is 3. The van der Waals surface area contributed by atoms with Gasteiger partial charge in [0.1, 0.15) is 0 Å². The van der Waals surface area contributed by atoms with Crippen LogP contribution in [0.25, 0.3) is 0 Å². The number of anilines is 2. The van der Waals surface area contributed by atoms with Crippen LogP contribution in [0.5, 0.6) is 0 Å². The van der Waals surface area contributed by atoms with E-state index >= 15 is 0 Å². The average molecular weight is 398 g/mol. The number of carbonyl (C=O) groups excluding carboxylic acids is 1. The van der Waals surface area contributed by atoms with E-state index in [1.165, 1.54) is 0 Å². The van der Waals surface area contributed by atoms with Gasteiger partial charge in [-0.1, -0.05) is 31.9 Å². The molecule has 0 fully saturated rings. The van der Waals surface area contributed by atoms with Crippen molar-refractivity contribution < 1.29 is 4.79 Å². The Bertz CT molecular complexity index is 606. The zero-order valence-electron chi connectivity index (χ0n) is 10.9. The second-order valence-electron chi connectivity index (χ2n) is 4.30. The lowest BCUT2D eigenvalue weighted by Crippen LogP contribution is -2.30. The Morgan fingerprint density at radius 3 is 2.15 bits per heavy atom. The zero-order valence-corrected chi connectivity index (χ0v) is 14.1. The fraction of sp³-hybridized carbons (Fsp3) is 0.133. The molecule has 5 heteroatoms. The number of hydrogen-bond acceptors (Lipinski definition) is 2. The van der Waals surface area contributed by atoms with Crippen LogP contribution in [0.3, 0.4) is 0 Å². The first kappa shape index (κ1) is 15.1. The first-order valence-corrected chi connectivity index (χ1v) is 7.73. The minimum Gasteiger partial charge on any atom is -0.399 e. The summed E-state index contributed by atoms with van der Waals surface area (Å²) >= 11 is 6.80. The van der Waals surface area contributed by atoms with Gasteiger partial charge in [0.2, 0.25) is 0 Å². The van der Waals surface area contributed by atoms with E-state index in [9.17, 15) is 4.79 Å². The van der Waals surface area contributed by atoms with Gasteiger partial charge in [-0.25, -0.2) is 0 Å². The molecule has 0 unspecified atom stereocenters. The predicted molar refractivity (Wildman–Crippen MR) is 90.0 cm³/mol. The van der Waals surface area contributed by atoms with Crippen molar-refractivity contribution in [1.82, 2.24) is 0 Å². The standard InChI is InChI=1S/C15H14Br2N2O/c1-2-19(14-5-3-13(18)4-6-14)15(20)10-7-11(16)9-12(17)8-10/h3-9H,2,18H2,1H3. The van der Waals surface area contributed by atoms with Gasteiger partial charge in [-0.15, -0.1) is 0 Å². The SMILES string of the molecule is CCN(C(=O)c1cc(Br)cc(Br)c1)c1ccc(N)cc1. The molecule has 3 nitrogen and oxygen atoms in total. The van der Waals surface area contributed by atoms with E-state index in [1.807, 2.05) is 37.3 Å². The number of benzene rings is 2. The van der Waals surface area contributed by atoms with Gasteiger partial charge in [-0.3, -0.25) is 4.79 Å². The Balaban J connectivity index is 2.36.